The van der Waals surface area contributed by atoms with Gasteiger partial charge >= 0.3 is 0 Å². The Bertz CT molecular complexity index is 740. The highest BCUT2D eigenvalue weighted by Gasteiger charge is 2.39. The first-order valence-electron chi connectivity index (χ1n) is 9.00. The largest absolute Gasteiger partial charge is 0.489 e. The molecule has 2 aromatic rings. The van der Waals surface area contributed by atoms with Crippen LogP contribution in [-0.4, -0.2) is 52.7 Å². The van der Waals surface area contributed by atoms with E-state index in [0.717, 1.165) is 32.5 Å². The number of benzene rings is 1. The van der Waals surface area contributed by atoms with Crippen LogP contribution in [0.5, 0.6) is 5.75 Å². The Labute approximate surface area is 151 Å². The lowest BCUT2D eigenvalue weighted by molar-refractivity contribution is 0.0286. The normalized spacial score (nSPS) is 26.4. The van der Waals surface area contributed by atoms with Crippen molar-refractivity contribution in [1.29, 1.82) is 0 Å². The highest BCUT2D eigenvalue weighted by Crippen LogP contribution is 2.30. The molecule has 26 heavy (non-hydrogen) atoms. The van der Waals surface area contributed by atoms with Gasteiger partial charge in [0.25, 0.3) is 0 Å². The molecule has 2 fully saturated rings. The molecule has 5 nitrogen and oxygen atoms in total. The number of fused-ring (bicyclic) bond motifs is 1. The molecular weight excluding hydrogens is 338 g/mol. The first-order valence-corrected chi connectivity index (χ1v) is 9.00. The first-order chi connectivity index (χ1) is 12.6. The molecular formula is C19H22F2N4O. The van der Waals surface area contributed by atoms with Crippen molar-refractivity contribution in [1.82, 2.24) is 14.9 Å². The van der Waals surface area contributed by atoms with Crippen molar-refractivity contribution >= 4 is 5.95 Å². The Hall–Kier alpha value is -2.28. The van der Waals surface area contributed by atoms with Crippen LogP contribution in [0.4, 0.5) is 14.7 Å². The second kappa shape index (κ2) is 7.15. The predicted octanol–water partition coefficient (Wildman–Crippen LogP) is 2.88. The van der Waals surface area contributed by atoms with Crippen LogP contribution in [0.15, 0.2) is 36.7 Å². The molecule has 138 valence electrons. The van der Waals surface area contributed by atoms with Crippen molar-refractivity contribution < 1.29 is 13.5 Å². The molecule has 3 atom stereocenters. The quantitative estimate of drug-likeness (QED) is 0.842. The van der Waals surface area contributed by atoms with Crippen molar-refractivity contribution in [2.45, 2.75) is 38.0 Å². The number of halogens is 2. The average Bonchev–Trinajstić information content (AvgIpc) is 2.65. The van der Waals surface area contributed by atoms with Crippen LogP contribution < -0.4 is 9.64 Å². The predicted molar refractivity (Wildman–Crippen MR) is 94.2 cm³/mol. The molecule has 7 heteroatoms. The van der Waals surface area contributed by atoms with E-state index in [4.69, 9.17) is 4.74 Å². The van der Waals surface area contributed by atoms with Crippen LogP contribution in [0.2, 0.25) is 0 Å². The lowest BCUT2D eigenvalue weighted by Crippen LogP contribution is -2.62. The summed E-state index contributed by atoms with van der Waals surface area (Å²) in [4.78, 5) is 12.9. The fourth-order valence-electron chi connectivity index (χ4n) is 4.02. The summed E-state index contributed by atoms with van der Waals surface area (Å²) in [6.07, 6.45) is 4.49. The summed E-state index contributed by atoms with van der Waals surface area (Å²) in [6.45, 7) is 4.71. The lowest BCUT2D eigenvalue weighted by atomic mass is 9.92. The van der Waals surface area contributed by atoms with E-state index in [0.29, 0.717) is 17.7 Å². The summed E-state index contributed by atoms with van der Waals surface area (Å²) >= 11 is 0. The van der Waals surface area contributed by atoms with Gasteiger partial charge in [0, 0.05) is 31.7 Å². The molecule has 1 unspecified atom stereocenters. The fourth-order valence-corrected chi connectivity index (χ4v) is 4.02. The Kier molecular flexibility index (Phi) is 4.72. The van der Waals surface area contributed by atoms with E-state index in [-0.39, 0.29) is 18.0 Å². The van der Waals surface area contributed by atoms with Crippen LogP contribution in [-0.2, 0) is 0 Å². The summed E-state index contributed by atoms with van der Waals surface area (Å²) in [6, 6.07) is 6.84. The molecule has 0 bridgehead atoms. The second-order valence-corrected chi connectivity index (χ2v) is 6.97. The van der Waals surface area contributed by atoms with Gasteiger partial charge in [-0.1, -0.05) is 0 Å². The van der Waals surface area contributed by atoms with E-state index in [9.17, 15) is 8.78 Å². The standard InChI is InChI=1S/C19H22F2N4O/c1-13-18-7-6-17(26-16-4-2-14(20)3-5-16)12-24(18)8-9-25(13)19-22-10-15(21)11-23-19/h2-5,10-11,13,17-18H,6-9,12H2,1H3/t13?,17-,18-/m0/s1. The maximum Gasteiger partial charge on any atom is 0.225 e. The molecule has 4 rings (SSSR count). The molecule has 2 saturated heterocycles. The van der Waals surface area contributed by atoms with Gasteiger partial charge in [-0.05, 0) is 44.0 Å². The molecule has 1 aromatic carbocycles. The van der Waals surface area contributed by atoms with Gasteiger partial charge in [-0.15, -0.1) is 0 Å². The van der Waals surface area contributed by atoms with Gasteiger partial charge in [-0.25, -0.2) is 18.7 Å². The van der Waals surface area contributed by atoms with E-state index < -0.39 is 5.82 Å². The lowest BCUT2D eigenvalue weighted by Gasteiger charge is -2.50. The number of rotatable bonds is 3. The minimum absolute atomic E-state index is 0.109. The van der Waals surface area contributed by atoms with Crippen molar-refractivity contribution in [3.63, 3.8) is 0 Å². The number of piperidine rings is 1. The number of piperazine rings is 1. The van der Waals surface area contributed by atoms with Crippen molar-refractivity contribution in [2.24, 2.45) is 0 Å². The number of hydrogen-bond acceptors (Lipinski definition) is 5. The molecule has 1 aromatic heterocycles. The van der Waals surface area contributed by atoms with Gasteiger partial charge < -0.3 is 9.64 Å². The summed E-state index contributed by atoms with van der Waals surface area (Å²) in [5.74, 6) is 0.622. The van der Waals surface area contributed by atoms with Crippen LogP contribution in [0.1, 0.15) is 19.8 Å². The van der Waals surface area contributed by atoms with Gasteiger partial charge in [0.05, 0.1) is 12.4 Å². The van der Waals surface area contributed by atoms with Crippen LogP contribution in [0.25, 0.3) is 0 Å². The first kappa shape index (κ1) is 17.1. The maximum absolute atomic E-state index is 13.1. The van der Waals surface area contributed by atoms with Gasteiger partial charge in [0.15, 0.2) is 5.82 Å². The average molecular weight is 360 g/mol. The number of anilines is 1. The van der Waals surface area contributed by atoms with Crippen LogP contribution in [0, 0.1) is 11.6 Å². The molecule has 0 spiro atoms. The fraction of sp³-hybridized carbons (Fsp3) is 0.474. The van der Waals surface area contributed by atoms with E-state index in [1.54, 1.807) is 12.1 Å². The van der Waals surface area contributed by atoms with Crippen LogP contribution >= 0.6 is 0 Å². The van der Waals surface area contributed by atoms with Gasteiger partial charge in [-0.2, -0.15) is 0 Å². The summed E-state index contributed by atoms with van der Waals surface area (Å²) in [5.41, 5.74) is 0. The molecule has 0 amide bonds. The Balaban J connectivity index is 1.40. The Morgan fingerprint density at radius 3 is 2.46 bits per heavy atom. The van der Waals surface area contributed by atoms with Crippen molar-refractivity contribution in [2.75, 3.05) is 24.5 Å². The number of ether oxygens (including phenoxy) is 1. The van der Waals surface area contributed by atoms with Gasteiger partial charge in [0.2, 0.25) is 5.95 Å². The smallest absolute Gasteiger partial charge is 0.225 e. The third kappa shape index (κ3) is 3.49. The molecule has 2 aliphatic heterocycles. The van der Waals surface area contributed by atoms with Gasteiger partial charge in [0.1, 0.15) is 17.7 Å². The van der Waals surface area contributed by atoms with E-state index >= 15 is 0 Å². The number of hydrogen-bond donors (Lipinski definition) is 0. The Morgan fingerprint density at radius 2 is 1.73 bits per heavy atom. The maximum atomic E-state index is 13.1. The zero-order valence-corrected chi connectivity index (χ0v) is 14.7. The van der Waals surface area contributed by atoms with Crippen molar-refractivity contribution in [3.05, 3.63) is 48.3 Å². The summed E-state index contributed by atoms with van der Waals surface area (Å²) in [7, 11) is 0. The highest BCUT2D eigenvalue weighted by molar-refractivity contribution is 5.33. The minimum Gasteiger partial charge on any atom is -0.489 e. The molecule has 0 N–H and O–H groups in total. The molecule has 2 aliphatic rings. The summed E-state index contributed by atoms with van der Waals surface area (Å²) < 4.78 is 32.1. The van der Waals surface area contributed by atoms with E-state index in [1.807, 2.05) is 0 Å². The topological polar surface area (TPSA) is 41.5 Å². The Morgan fingerprint density at radius 1 is 1.00 bits per heavy atom. The second-order valence-electron chi connectivity index (χ2n) is 6.97. The third-order valence-electron chi connectivity index (χ3n) is 5.35. The minimum atomic E-state index is -0.418. The number of nitrogens with zero attached hydrogens (tertiary/aromatic N) is 4. The van der Waals surface area contributed by atoms with E-state index in [2.05, 4.69) is 26.7 Å². The van der Waals surface area contributed by atoms with Gasteiger partial charge in [-0.3, -0.25) is 4.90 Å². The van der Waals surface area contributed by atoms with Crippen molar-refractivity contribution in [3.8, 4) is 5.75 Å². The van der Waals surface area contributed by atoms with Crippen LogP contribution in [0.3, 0.4) is 0 Å². The molecule has 0 saturated carbocycles. The highest BCUT2D eigenvalue weighted by atomic mass is 19.1. The third-order valence-corrected chi connectivity index (χ3v) is 5.35. The molecule has 0 aliphatic carbocycles. The number of aromatic nitrogens is 2. The zero-order valence-electron chi connectivity index (χ0n) is 14.7. The van der Waals surface area contributed by atoms with E-state index in [1.165, 1.54) is 24.5 Å². The molecule has 0 radical (unpaired) electrons. The molecule has 3 heterocycles. The SMILES string of the molecule is CC1[C@@H]2CC[C@H](Oc3ccc(F)cc3)CN2CCN1c1ncc(F)cn1. The monoisotopic (exact) mass is 360 g/mol. The summed E-state index contributed by atoms with van der Waals surface area (Å²) in [5, 5.41) is 0. The zero-order chi connectivity index (χ0) is 18.1.